The fraction of sp³-hybridized carbons (Fsp3) is 0. The maximum Gasteiger partial charge on any atom is 0.135 e. The molecule has 1 aliphatic carbocycles. The Morgan fingerprint density at radius 3 is 1.52 bits per heavy atom. The number of nitrogens with zero attached hydrogens (tertiary/aromatic N) is 1. The van der Waals surface area contributed by atoms with E-state index in [-0.39, 0.29) is 0 Å². The summed E-state index contributed by atoms with van der Waals surface area (Å²) in [4.78, 5) is 0. The first-order valence-electron chi connectivity index (χ1n) is 20.9. The van der Waals surface area contributed by atoms with Crippen LogP contribution in [-0.4, -0.2) is 4.57 Å². The van der Waals surface area contributed by atoms with Crippen LogP contribution in [0.1, 0.15) is 0 Å². The molecule has 3 nitrogen and oxygen atoms in total. The number of aromatic nitrogens is 1. The number of benzene rings is 10. The molecule has 61 heavy (non-hydrogen) atoms. The summed E-state index contributed by atoms with van der Waals surface area (Å²) < 4.78 is 15.0. The van der Waals surface area contributed by atoms with Crippen LogP contribution in [0.4, 0.5) is 0 Å². The number of furan rings is 2. The summed E-state index contributed by atoms with van der Waals surface area (Å²) >= 11 is 0. The first-order valence-corrected chi connectivity index (χ1v) is 20.9. The topological polar surface area (TPSA) is 31.2 Å². The van der Waals surface area contributed by atoms with Crippen molar-refractivity contribution in [3.8, 4) is 61.3 Å². The monoisotopic (exact) mass is 775 g/mol. The summed E-state index contributed by atoms with van der Waals surface area (Å²) in [6, 6.07) is 72.7. The van der Waals surface area contributed by atoms with Gasteiger partial charge in [0.25, 0.3) is 0 Å². The van der Waals surface area contributed by atoms with E-state index in [1.54, 1.807) is 0 Å². The fourth-order valence-electron chi connectivity index (χ4n) is 10.3. The van der Waals surface area contributed by atoms with Crippen molar-refractivity contribution >= 4 is 76.5 Å². The highest BCUT2D eigenvalue weighted by Gasteiger charge is 2.23. The van der Waals surface area contributed by atoms with Crippen LogP contribution in [0.5, 0.6) is 0 Å². The van der Waals surface area contributed by atoms with Gasteiger partial charge in [0, 0.05) is 38.0 Å². The Hall–Kier alpha value is -8.14. The van der Waals surface area contributed by atoms with Crippen LogP contribution in [0.15, 0.2) is 209 Å². The molecule has 0 N–H and O–H groups in total. The summed E-state index contributed by atoms with van der Waals surface area (Å²) in [6.07, 6.45) is 0. The normalized spacial score (nSPS) is 12.3. The lowest BCUT2D eigenvalue weighted by molar-refractivity contribution is 0.668. The SMILES string of the molecule is c1cc(-c2ccc3oc4ccc(-c5ccc6c7c(cccc57)-c5ccccc5-6)cc4c3c2)cc(-n2c3ccccc3c3cc(-c4ccc5oc6ccccc6c5c4)ccc32)c1. The zero-order chi connectivity index (χ0) is 39.8. The molecule has 13 aromatic rings. The van der Waals surface area contributed by atoms with Gasteiger partial charge in [-0.25, -0.2) is 0 Å². The maximum absolute atomic E-state index is 6.46. The molecule has 0 amide bonds. The van der Waals surface area contributed by atoms with Crippen LogP contribution >= 0.6 is 0 Å². The van der Waals surface area contributed by atoms with Crippen molar-refractivity contribution in [3.05, 3.63) is 200 Å². The van der Waals surface area contributed by atoms with E-state index in [4.69, 9.17) is 8.83 Å². The van der Waals surface area contributed by atoms with Gasteiger partial charge in [-0.05, 0) is 139 Å². The average Bonchev–Trinajstić information content (AvgIpc) is 4.07. The van der Waals surface area contributed by atoms with E-state index in [1.165, 1.54) is 77.1 Å². The third-order valence-electron chi connectivity index (χ3n) is 13.1. The van der Waals surface area contributed by atoms with Crippen molar-refractivity contribution in [2.75, 3.05) is 0 Å². The number of hydrogen-bond acceptors (Lipinski definition) is 2. The third kappa shape index (κ3) is 4.69. The molecule has 0 fully saturated rings. The average molecular weight is 776 g/mol. The molecule has 3 heterocycles. The van der Waals surface area contributed by atoms with Gasteiger partial charge in [-0.3, -0.25) is 0 Å². The molecular weight excluding hydrogens is 743 g/mol. The van der Waals surface area contributed by atoms with Gasteiger partial charge < -0.3 is 13.4 Å². The Morgan fingerprint density at radius 2 is 0.754 bits per heavy atom. The minimum Gasteiger partial charge on any atom is -0.456 e. The van der Waals surface area contributed by atoms with E-state index in [0.717, 1.165) is 60.7 Å². The lowest BCUT2D eigenvalue weighted by Gasteiger charge is -2.11. The molecule has 282 valence electrons. The van der Waals surface area contributed by atoms with Crippen molar-refractivity contribution < 1.29 is 8.83 Å². The van der Waals surface area contributed by atoms with Crippen molar-refractivity contribution in [1.82, 2.24) is 4.57 Å². The third-order valence-corrected chi connectivity index (χ3v) is 13.1. The Kier molecular flexibility index (Phi) is 6.56. The number of hydrogen-bond donors (Lipinski definition) is 0. The van der Waals surface area contributed by atoms with Gasteiger partial charge in [0.1, 0.15) is 22.3 Å². The largest absolute Gasteiger partial charge is 0.456 e. The van der Waals surface area contributed by atoms with Crippen LogP contribution in [-0.2, 0) is 0 Å². The smallest absolute Gasteiger partial charge is 0.135 e. The van der Waals surface area contributed by atoms with Crippen LogP contribution in [0.2, 0.25) is 0 Å². The molecule has 0 unspecified atom stereocenters. The summed E-state index contributed by atoms with van der Waals surface area (Å²) in [7, 11) is 0. The predicted octanol–water partition coefficient (Wildman–Crippen LogP) is 16.4. The van der Waals surface area contributed by atoms with E-state index in [9.17, 15) is 0 Å². The number of rotatable bonds is 4. The number of fused-ring (bicyclic) bond motifs is 12. The molecule has 1 aliphatic rings. The molecule has 0 saturated carbocycles. The zero-order valence-electron chi connectivity index (χ0n) is 32.8. The van der Waals surface area contributed by atoms with Crippen molar-refractivity contribution in [2.24, 2.45) is 0 Å². The minimum absolute atomic E-state index is 0.890. The van der Waals surface area contributed by atoms with Gasteiger partial charge in [-0.1, -0.05) is 127 Å². The molecule has 0 atom stereocenters. The van der Waals surface area contributed by atoms with Crippen molar-refractivity contribution in [2.45, 2.75) is 0 Å². The van der Waals surface area contributed by atoms with Gasteiger partial charge in [0.2, 0.25) is 0 Å². The summed E-state index contributed by atoms with van der Waals surface area (Å²) in [5.74, 6) is 0. The molecule has 0 radical (unpaired) electrons. The van der Waals surface area contributed by atoms with E-state index in [1.807, 2.05) is 12.1 Å². The van der Waals surface area contributed by atoms with Gasteiger partial charge in [0.15, 0.2) is 0 Å². The number of para-hydroxylation sites is 2. The van der Waals surface area contributed by atoms with Crippen LogP contribution in [0, 0.1) is 0 Å². The van der Waals surface area contributed by atoms with E-state index in [2.05, 4.69) is 193 Å². The highest BCUT2D eigenvalue weighted by atomic mass is 16.3. The summed E-state index contributed by atoms with van der Waals surface area (Å²) in [6.45, 7) is 0. The van der Waals surface area contributed by atoms with Crippen LogP contribution in [0.25, 0.3) is 138 Å². The standard InChI is InChI=1S/C58H33NO2/c1-2-12-42-41(11-1)46-16-8-15-45-40(23-24-47(42)58(45)46)38-22-28-57-51(33-38)50-32-36(20-27-56(50)61-57)34-9-7-10-39(29-34)59-52-17-5-3-13-43(52)48-30-35(19-25-53(48)59)37-21-26-55-49(31-37)44-14-4-6-18-54(44)60-55/h1-33H. The van der Waals surface area contributed by atoms with Gasteiger partial charge in [-0.2, -0.15) is 0 Å². The molecule has 0 aliphatic heterocycles. The molecule has 0 saturated heterocycles. The van der Waals surface area contributed by atoms with Crippen LogP contribution < -0.4 is 0 Å². The Bertz CT molecular complexity index is 3980. The maximum atomic E-state index is 6.46. The Labute approximate surface area is 349 Å². The highest BCUT2D eigenvalue weighted by molar-refractivity contribution is 6.19. The molecule has 0 bridgehead atoms. The second-order valence-corrected chi connectivity index (χ2v) is 16.4. The van der Waals surface area contributed by atoms with Gasteiger partial charge in [0.05, 0.1) is 11.0 Å². The lowest BCUT2D eigenvalue weighted by Crippen LogP contribution is -1.94. The quantitative estimate of drug-likeness (QED) is 0.178. The first kappa shape index (κ1) is 32.8. The fourth-order valence-corrected chi connectivity index (χ4v) is 10.3. The van der Waals surface area contributed by atoms with E-state index < -0.39 is 0 Å². The molecule has 3 aromatic heterocycles. The van der Waals surface area contributed by atoms with Crippen LogP contribution in [0.3, 0.4) is 0 Å². The predicted molar refractivity (Wildman–Crippen MR) is 254 cm³/mol. The second-order valence-electron chi connectivity index (χ2n) is 16.4. The van der Waals surface area contributed by atoms with E-state index >= 15 is 0 Å². The molecule has 14 rings (SSSR count). The minimum atomic E-state index is 0.890. The highest BCUT2D eigenvalue weighted by Crippen LogP contribution is 2.49. The Balaban J connectivity index is 0.871. The van der Waals surface area contributed by atoms with Crippen molar-refractivity contribution in [1.29, 1.82) is 0 Å². The summed E-state index contributed by atoms with van der Waals surface area (Å²) in [5, 5.41) is 9.58. The summed E-state index contributed by atoms with van der Waals surface area (Å²) in [5.41, 5.74) is 19.4. The van der Waals surface area contributed by atoms with E-state index in [0.29, 0.717) is 0 Å². The first-order chi connectivity index (χ1) is 30.2. The molecule has 10 aromatic carbocycles. The van der Waals surface area contributed by atoms with Gasteiger partial charge >= 0.3 is 0 Å². The second kappa shape index (κ2) is 12.2. The molecule has 3 heteroatoms. The lowest BCUT2D eigenvalue weighted by atomic mass is 9.93. The van der Waals surface area contributed by atoms with Gasteiger partial charge in [-0.15, -0.1) is 0 Å². The van der Waals surface area contributed by atoms with Crippen molar-refractivity contribution in [3.63, 3.8) is 0 Å². The Morgan fingerprint density at radius 1 is 0.262 bits per heavy atom. The zero-order valence-corrected chi connectivity index (χ0v) is 32.8. The molecular formula is C58H33NO2. The molecule has 0 spiro atoms.